The molecule has 1 aliphatic heterocycles. The number of hydrogen-bond donors (Lipinski definition) is 1. The average molecular weight is 350 g/mol. The summed E-state index contributed by atoms with van der Waals surface area (Å²) < 4.78 is 0. The van der Waals surface area contributed by atoms with E-state index < -0.39 is 0 Å². The SMILES string of the molecule is CC(C)c1ccc(CC(=O)N[C@H]2CCN(c3ccc(C#N)nn3)C2)cn1. The fourth-order valence-electron chi connectivity index (χ4n) is 2.99. The van der Waals surface area contributed by atoms with E-state index >= 15 is 0 Å². The molecule has 1 N–H and O–H groups in total. The van der Waals surface area contributed by atoms with E-state index in [0.717, 1.165) is 30.0 Å². The third kappa shape index (κ3) is 4.33. The quantitative estimate of drug-likeness (QED) is 0.883. The van der Waals surface area contributed by atoms with Crippen LogP contribution in [0.1, 0.15) is 43.1 Å². The fraction of sp³-hybridized carbons (Fsp3) is 0.421. The van der Waals surface area contributed by atoms with Gasteiger partial charge in [0.1, 0.15) is 6.07 Å². The van der Waals surface area contributed by atoms with Crippen molar-refractivity contribution in [2.75, 3.05) is 18.0 Å². The lowest BCUT2D eigenvalue weighted by atomic mass is 10.1. The van der Waals surface area contributed by atoms with Crippen LogP contribution < -0.4 is 10.2 Å². The second kappa shape index (κ2) is 7.91. The standard InChI is InChI=1S/C19H22N6O/c1-13(2)17-5-3-14(11-21-17)9-19(26)22-16-7-8-25(12-16)18-6-4-15(10-20)23-24-18/h3-6,11,13,16H,7-9,12H2,1-2H3,(H,22,26)/t16-/m0/s1. The molecule has 7 heteroatoms. The molecule has 26 heavy (non-hydrogen) atoms. The highest BCUT2D eigenvalue weighted by molar-refractivity contribution is 5.79. The third-order valence-corrected chi connectivity index (χ3v) is 4.45. The maximum atomic E-state index is 12.3. The summed E-state index contributed by atoms with van der Waals surface area (Å²) in [6.45, 7) is 5.69. The van der Waals surface area contributed by atoms with Crippen LogP contribution in [0.25, 0.3) is 0 Å². The van der Waals surface area contributed by atoms with Gasteiger partial charge in [-0.25, -0.2) is 0 Å². The highest BCUT2D eigenvalue weighted by atomic mass is 16.1. The van der Waals surface area contributed by atoms with Gasteiger partial charge in [-0.15, -0.1) is 10.2 Å². The molecule has 0 radical (unpaired) electrons. The van der Waals surface area contributed by atoms with Crippen molar-refractivity contribution in [1.82, 2.24) is 20.5 Å². The van der Waals surface area contributed by atoms with Crippen molar-refractivity contribution < 1.29 is 4.79 Å². The maximum absolute atomic E-state index is 12.3. The molecule has 2 aromatic rings. The van der Waals surface area contributed by atoms with Crippen molar-refractivity contribution in [2.24, 2.45) is 0 Å². The second-order valence-electron chi connectivity index (χ2n) is 6.81. The summed E-state index contributed by atoms with van der Waals surface area (Å²) in [7, 11) is 0. The van der Waals surface area contributed by atoms with Crippen LogP contribution in [0, 0.1) is 11.3 Å². The molecule has 134 valence electrons. The molecule has 1 amide bonds. The molecule has 3 heterocycles. The monoisotopic (exact) mass is 350 g/mol. The molecule has 1 fully saturated rings. The van der Waals surface area contributed by atoms with Gasteiger partial charge in [-0.3, -0.25) is 9.78 Å². The Morgan fingerprint density at radius 1 is 1.35 bits per heavy atom. The predicted octanol–water partition coefficient (Wildman–Crippen LogP) is 1.80. The second-order valence-corrected chi connectivity index (χ2v) is 6.81. The van der Waals surface area contributed by atoms with E-state index in [1.165, 1.54) is 0 Å². The smallest absolute Gasteiger partial charge is 0.224 e. The zero-order valence-corrected chi connectivity index (χ0v) is 15.0. The first kappa shape index (κ1) is 17.8. The van der Waals surface area contributed by atoms with Crippen LogP contribution in [0.3, 0.4) is 0 Å². The minimum absolute atomic E-state index is 0.00172. The van der Waals surface area contributed by atoms with Crippen molar-refractivity contribution in [2.45, 2.75) is 38.6 Å². The van der Waals surface area contributed by atoms with Gasteiger partial charge in [0.05, 0.1) is 6.42 Å². The minimum Gasteiger partial charge on any atom is -0.353 e. The molecule has 0 aromatic carbocycles. The molecule has 0 saturated carbocycles. The molecule has 1 atom stereocenters. The van der Waals surface area contributed by atoms with Gasteiger partial charge in [-0.1, -0.05) is 19.9 Å². The summed E-state index contributed by atoms with van der Waals surface area (Å²) in [6, 6.07) is 9.44. The van der Waals surface area contributed by atoms with Crippen LogP contribution >= 0.6 is 0 Å². The molecular weight excluding hydrogens is 328 g/mol. The first-order valence-corrected chi connectivity index (χ1v) is 8.78. The summed E-state index contributed by atoms with van der Waals surface area (Å²) in [5, 5.41) is 19.8. The molecule has 0 aliphatic carbocycles. The van der Waals surface area contributed by atoms with Crippen molar-refractivity contribution in [1.29, 1.82) is 5.26 Å². The lowest BCUT2D eigenvalue weighted by molar-refractivity contribution is -0.121. The largest absolute Gasteiger partial charge is 0.353 e. The number of aromatic nitrogens is 3. The van der Waals surface area contributed by atoms with Gasteiger partial charge in [-0.05, 0) is 36.1 Å². The number of amides is 1. The lowest BCUT2D eigenvalue weighted by Crippen LogP contribution is -2.38. The molecular formula is C19H22N6O. The number of nitrogens with zero attached hydrogens (tertiary/aromatic N) is 5. The summed E-state index contributed by atoms with van der Waals surface area (Å²) >= 11 is 0. The average Bonchev–Trinajstić information content (AvgIpc) is 3.10. The van der Waals surface area contributed by atoms with Crippen molar-refractivity contribution in [3.63, 3.8) is 0 Å². The topological polar surface area (TPSA) is 94.8 Å². The Bertz CT molecular complexity index is 794. The number of nitrogens with one attached hydrogen (secondary N) is 1. The van der Waals surface area contributed by atoms with E-state index in [4.69, 9.17) is 5.26 Å². The minimum atomic E-state index is 0.00172. The molecule has 7 nitrogen and oxygen atoms in total. The number of rotatable bonds is 5. The molecule has 1 saturated heterocycles. The van der Waals surface area contributed by atoms with Crippen LogP contribution in [-0.2, 0) is 11.2 Å². The van der Waals surface area contributed by atoms with E-state index in [-0.39, 0.29) is 11.9 Å². The van der Waals surface area contributed by atoms with Crippen LogP contribution in [0.5, 0.6) is 0 Å². The molecule has 2 aromatic heterocycles. The molecule has 1 aliphatic rings. The number of carbonyl (C=O) groups is 1. The van der Waals surface area contributed by atoms with Gasteiger partial charge in [0.25, 0.3) is 0 Å². The molecule has 0 unspecified atom stereocenters. The Kier molecular flexibility index (Phi) is 5.42. The summed E-state index contributed by atoms with van der Waals surface area (Å²) in [4.78, 5) is 18.8. The van der Waals surface area contributed by atoms with E-state index in [9.17, 15) is 4.79 Å². The van der Waals surface area contributed by atoms with Crippen LogP contribution in [-0.4, -0.2) is 40.2 Å². The van der Waals surface area contributed by atoms with Crippen molar-refractivity contribution in [3.8, 4) is 6.07 Å². The Morgan fingerprint density at radius 2 is 2.19 bits per heavy atom. The number of nitriles is 1. The van der Waals surface area contributed by atoms with Crippen LogP contribution in [0.4, 0.5) is 5.82 Å². The van der Waals surface area contributed by atoms with E-state index in [0.29, 0.717) is 24.6 Å². The predicted molar refractivity (Wildman–Crippen MR) is 97.5 cm³/mol. The Balaban J connectivity index is 1.51. The zero-order chi connectivity index (χ0) is 18.5. The van der Waals surface area contributed by atoms with Gasteiger partial charge in [0.2, 0.25) is 5.91 Å². The third-order valence-electron chi connectivity index (χ3n) is 4.45. The van der Waals surface area contributed by atoms with Crippen molar-refractivity contribution in [3.05, 3.63) is 47.4 Å². The Hall–Kier alpha value is -3.01. The number of pyridine rings is 1. The Labute approximate surface area is 153 Å². The van der Waals surface area contributed by atoms with Gasteiger partial charge in [-0.2, -0.15) is 5.26 Å². The number of carbonyl (C=O) groups excluding carboxylic acids is 1. The van der Waals surface area contributed by atoms with Crippen LogP contribution in [0.15, 0.2) is 30.5 Å². The highest BCUT2D eigenvalue weighted by Crippen LogP contribution is 2.17. The van der Waals surface area contributed by atoms with Gasteiger partial charge < -0.3 is 10.2 Å². The van der Waals surface area contributed by atoms with Gasteiger partial charge in [0, 0.05) is 31.0 Å². The zero-order valence-electron chi connectivity index (χ0n) is 15.0. The van der Waals surface area contributed by atoms with E-state index in [1.807, 2.05) is 18.2 Å². The van der Waals surface area contributed by atoms with Crippen molar-refractivity contribution >= 4 is 11.7 Å². The summed E-state index contributed by atoms with van der Waals surface area (Å²) in [5.74, 6) is 1.11. The maximum Gasteiger partial charge on any atom is 0.224 e. The summed E-state index contributed by atoms with van der Waals surface area (Å²) in [6.07, 6.45) is 2.97. The number of anilines is 1. The number of hydrogen-bond acceptors (Lipinski definition) is 6. The van der Waals surface area contributed by atoms with E-state index in [1.54, 1.807) is 18.3 Å². The highest BCUT2D eigenvalue weighted by Gasteiger charge is 2.25. The van der Waals surface area contributed by atoms with Gasteiger partial charge >= 0.3 is 0 Å². The first-order chi connectivity index (χ1) is 12.5. The Morgan fingerprint density at radius 3 is 2.81 bits per heavy atom. The lowest BCUT2D eigenvalue weighted by Gasteiger charge is -2.17. The molecule has 0 spiro atoms. The summed E-state index contributed by atoms with van der Waals surface area (Å²) in [5.41, 5.74) is 2.25. The fourth-order valence-corrected chi connectivity index (χ4v) is 2.99. The molecule has 0 bridgehead atoms. The van der Waals surface area contributed by atoms with E-state index in [2.05, 4.69) is 39.2 Å². The first-order valence-electron chi connectivity index (χ1n) is 8.78. The van der Waals surface area contributed by atoms with Gasteiger partial charge in [0.15, 0.2) is 11.5 Å². The normalized spacial score (nSPS) is 16.5. The van der Waals surface area contributed by atoms with Crippen LogP contribution in [0.2, 0.25) is 0 Å². The molecule has 3 rings (SSSR count).